The Morgan fingerprint density at radius 3 is 2.69 bits per heavy atom. The largest absolute Gasteiger partial charge is 0.441 e. The van der Waals surface area contributed by atoms with Gasteiger partial charge in [-0.1, -0.05) is 18.2 Å². The van der Waals surface area contributed by atoms with Gasteiger partial charge in [0.2, 0.25) is 5.89 Å². The van der Waals surface area contributed by atoms with Crippen LogP contribution in [0.3, 0.4) is 0 Å². The zero-order chi connectivity index (χ0) is 11.4. The van der Waals surface area contributed by atoms with Crippen molar-refractivity contribution in [1.29, 1.82) is 0 Å². The summed E-state index contributed by atoms with van der Waals surface area (Å²) in [6.07, 6.45) is 0.790. The van der Waals surface area contributed by atoms with Crippen molar-refractivity contribution in [2.45, 2.75) is 13.3 Å². The van der Waals surface area contributed by atoms with Crippen molar-refractivity contribution in [2.75, 3.05) is 13.7 Å². The van der Waals surface area contributed by atoms with Crippen LogP contribution in [0.25, 0.3) is 11.5 Å². The van der Waals surface area contributed by atoms with Crippen LogP contribution in [0.15, 0.2) is 34.7 Å². The number of aryl methyl sites for hydroxylation is 1. The van der Waals surface area contributed by atoms with Crippen molar-refractivity contribution in [3.05, 3.63) is 41.8 Å². The van der Waals surface area contributed by atoms with Gasteiger partial charge in [0.15, 0.2) is 0 Å². The lowest BCUT2D eigenvalue weighted by atomic mass is 10.2. The first-order valence-corrected chi connectivity index (χ1v) is 5.32. The van der Waals surface area contributed by atoms with E-state index >= 15 is 0 Å². The Kier molecular flexibility index (Phi) is 3.37. The molecule has 0 radical (unpaired) electrons. The predicted molar refractivity (Wildman–Crippen MR) is 62.3 cm³/mol. The number of methoxy groups -OCH3 is 1. The second-order valence-electron chi connectivity index (χ2n) is 3.63. The molecular weight excluding hydrogens is 202 g/mol. The molecule has 2 aromatic rings. The summed E-state index contributed by atoms with van der Waals surface area (Å²) in [7, 11) is 1.69. The van der Waals surface area contributed by atoms with Gasteiger partial charge >= 0.3 is 0 Å². The second-order valence-corrected chi connectivity index (χ2v) is 3.63. The molecule has 0 amide bonds. The van der Waals surface area contributed by atoms with Crippen LogP contribution in [0.1, 0.15) is 11.5 Å². The second kappa shape index (κ2) is 4.94. The summed E-state index contributed by atoms with van der Waals surface area (Å²) in [5.74, 6) is 1.56. The number of nitrogens with zero attached hydrogens (tertiary/aromatic N) is 1. The predicted octanol–water partition coefficient (Wildman–Crippen LogP) is 2.84. The summed E-state index contributed by atoms with van der Waals surface area (Å²) in [5, 5.41) is 0. The van der Waals surface area contributed by atoms with Gasteiger partial charge in [0.1, 0.15) is 5.76 Å². The fraction of sp³-hybridized carbons (Fsp3) is 0.308. The van der Waals surface area contributed by atoms with E-state index in [0.29, 0.717) is 12.5 Å². The Bertz CT molecular complexity index is 448. The maximum absolute atomic E-state index is 5.63. The Balaban J connectivity index is 2.24. The Morgan fingerprint density at radius 1 is 1.25 bits per heavy atom. The standard InChI is InChI=1S/C13H15NO2/c1-10-12(8-9-15-2)14-13(16-10)11-6-4-3-5-7-11/h3-7H,8-9H2,1-2H3. The molecule has 0 aliphatic heterocycles. The SMILES string of the molecule is COCCc1nc(-c2ccccc2)oc1C. The molecule has 0 aliphatic carbocycles. The van der Waals surface area contributed by atoms with Crippen LogP contribution in [0.2, 0.25) is 0 Å². The summed E-state index contributed by atoms with van der Waals surface area (Å²) < 4.78 is 10.7. The summed E-state index contributed by atoms with van der Waals surface area (Å²) in [6, 6.07) is 9.91. The lowest BCUT2D eigenvalue weighted by Crippen LogP contribution is -1.96. The van der Waals surface area contributed by atoms with E-state index in [4.69, 9.17) is 9.15 Å². The van der Waals surface area contributed by atoms with E-state index in [2.05, 4.69) is 4.98 Å². The number of ether oxygens (including phenoxy) is 1. The molecule has 0 aliphatic rings. The Labute approximate surface area is 95.1 Å². The van der Waals surface area contributed by atoms with Crippen LogP contribution >= 0.6 is 0 Å². The maximum atomic E-state index is 5.63. The number of oxazole rings is 1. The lowest BCUT2D eigenvalue weighted by Gasteiger charge is -1.94. The van der Waals surface area contributed by atoms with E-state index in [1.54, 1.807) is 7.11 Å². The summed E-state index contributed by atoms with van der Waals surface area (Å²) >= 11 is 0. The summed E-state index contributed by atoms with van der Waals surface area (Å²) in [4.78, 5) is 4.47. The van der Waals surface area contributed by atoms with Crippen LogP contribution < -0.4 is 0 Å². The fourth-order valence-electron chi connectivity index (χ4n) is 1.56. The van der Waals surface area contributed by atoms with Crippen molar-refractivity contribution < 1.29 is 9.15 Å². The van der Waals surface area contributed by atoms with Crippen LogP contribution in [-0.2, 0) is 11.2 Å². The summed E-state index contributed by atoms with van der Waals surface area (Å²) in [5.41, 5.74) is 1.98. The van der Waals surface area contributed by atoms with Crippen molar-refractivity contribution in [2.24, 2.45) is 0 Å². The highest BCUT2D eigenvalue weighted by Crippen LogP contribution is 2.21. The van der Waals surface area contributed by atoms with Gasteiger partial charge in [-0.3, -0.25) is 0 Å². The Hall–Kier alpha value is -1.61. The van der Waals surface area contributed by atoms with Gasteiger partial charge in [-0.05, 0) is 19.1 Å². The minimum atomic E-state index is 0.668. The molecule has 0 spiro atoms. The maximum Gasteiger partial charge on any atom is 0.226 e. The minimum absolute atomic E-state index is 0.668. The van der Waals surface area contributed by atoms with Crippen LogP contribution in [0, 0.1) is 6.92 Å². The number of rotatable bonds is 4. The van der Waals surface area contributed by atoms with Crippen molar-refractivity contribution in [1.82, 2.24) is 4.98 Å². The molecule has 16 heavy (non-hydrogen) atoms. The smallest absolute Gasteiger partial charge is 0.226 e. The van der Waals surface area contributed by atoms with Crippen LogP contribution in [0.4, 0.5) is 0 Å². The van der Waals surface area contributed by atoms with Gasteiger partial charge in [-0.15, -0.1) is 0 Å². The van der Waals surface area contributed by atoms with Gasteiger partial charge in [0.25, 0.3) is 0 Å². The van der Waals surface area contributed by atoms with Gasteiger partial charge < -0.3 is 9.15 Å². The number of hydrogen-bond acceptors (Lipinski definition) is 3. The molecule has 84 valence electrons. The third kappa shape index (κ3) is 2.31. The topological polar surface area (TPSA) is 35.3 Å². The number of aromatic nitrogens is 1. The van der Waals surface area contributed by atoms with Crippen LogP contribution in [0.5, 0.6) is 0 Å². The third-order valence-corrected chi connectivity index (χ3v) is 2.46. The Morgan fingerprint density at radius 2 is 2.00 bits per heavy atom. The molecule has 0 saturated carbocycles. The molecule has 0 atom stereocenters. The molecule has 0 saturated heterocycles. The molecule has 1 heterocycles. The molecule has 2 rings (SSSR count). The molecule has 1 aromatic carbocycles. The fourth-order valence-corrected chi connectivity index (χ4v) is 1.56. The molecule has 0 N–H and O–H groups in total. The average Bonchev–Trinajstić information content (AvgIpc) is 2.69. The highest BCUT2D eigenvalue weighted by molar-refractivity contribution is 5.53. The van der Waals surface area contributed by atoms with E-state index < -0.39 is 0 Å². The molecule has 0 fully saturated rings. The van der Waals surface area contributed by atoms with E-state index in [1.165, 1.54) is 0 Å². The minimum Gasteiger partial charge on any atom is -0.441 e. The molecule has 0 bridgehead atoms. The highest BCUT2D eigenvalue weighted by Gasteiger charge is 2.10. The normalized spacial score (nSPS) is 10.6. The first kappa shape index (κ1) is 10.9. The lowest BCUT2D eigenvalue weighted by molar-refractivity contribution is 0.201. The zero-order valence-corrected chi connectivity index (χ0v) is 9.56. The highest BCUT2D eigenvalue weighted by atomic mass is 16.5. The van der Waals surface area contributed by atoms with Gasteiger partial charge in [-0.25, -0.2) is 4.98 Å². The van der Waals surface area contributed by atoms with E-state index in [-0.39, 0.29) is 0 Å². The van der Waals surface area contributed by atoms with Crippen molar-refractivity contribution in [3.8, 4) is 11.5 Å². The van der Waals surface area contributed by atoms with Crippen LogP contribution in [-0.4, -0.2) is 18.7 Å². The number of hydrogen-bond donors (Lipinski definition) is 0. The van der Waals surface area contributed by atoms with E-state index in [0.717, 1.165) is 23.4 Å². The molecule has 3 heteroatoms. The molecule has 3 nitrogen and oxygen atoms in total. The third-order valence-electron chi connectivity index (χ3n) is 2.46. The first-order chi connectivity index (χ1) is 7.81. The zero-order valence-electron chi connectivity index (χ0n) is 9.56. The molecule has 0 unspecified atom stereocenters. The van der Waals surface area contributed by atoms with E-state index in [9.17, 15) is 0 Å². The number of benzene rings is 1. The molecular formula is C13H15NO2. The van der Waals surface area contributed by atoms with Gasteiger partial charge in [-0.2, -0.15) is 0 Å². The first-order valence-electron chi connectivity index (χ1n) is 5.32. The monoisotopic (exact) mass is 217 g/mol. The van der Waals surface area contributed by atoms with Crippen molar-refractivity contribution in [3.63, 3.8) is 0 Å². The average molecular weight is 217 g/mol. The quantitative estimate of drug-likeness (QED) is 0.790. The van der Waals surface area contributed by atoms with Gasteiger partial charge in [0.05, 0.1) is 12.3 Å². The van der Waals surface area contributed by atoms with E-state index in [1.807, 2.05) is 37.3 Å². The molecule has 1 aromatic heterocycles. The summed E-state index contributed by atoms with van der Waals surface area (Å²) in [6.45, 7) is 2.60. The van der Waals surface area contributed by atoms with Crippen molar-refractivity contribution >= 4 is 0 Å². The van der Waals surface area contributed by atoms with Gasteiger partial charge in [0, 0.05) is 19.1 Å².